The molecule has 0 bridgehead atoms. The molecule has 2 aromatic rings. The molecule has 1 heterocycles. The van der Waals surface area contributed by atoms with E-state index in [-0.39, 0.29) is 6.61 Å². The lowest BCUT2D eigenvalue weighted by atomic mass is 9.98. The highest BCUT2D eigenvalue weighted by molar-refractivity contribution is 5.68. The Morgan fingerprint density at radius 2 is 1.92 bits per heavy atom. The number of likely N-dealkylation sites (tertiary alicyclic amines) is 1. The van der Waals surface area contributed by atoms with Crippen LogP contribution in [-0.2, 0) is 17.8 Å². The number of para-hydroxylation sites is 1. The standard InChI is InChI=1S/C20H21F2NO3/c21-17-8-15(9-18(22)10-17)7-14-5-6-23(11-14)12-16-3-1-2-4-19(16)26-13-20(24)25/h1-4,8-10,14H,5-7,11-13H2,(H,24,25). The van der Waals surface area contributed by atoms with Crippen molar-refractivity contribution in [3.63, 3.8) is 0 Å². The summed E-state index contributed by atoms with van der Waals surface area (Å²) in [5.41, 5.74) is 1.62. The molecule has 1 aliphatic heterocycles. The van der Waals surface area contributed by atoms with E-state index in [0.717, 1.165) is 31.1 Å². The molecule has 6 heteroatoms. The zero-order valence-electron chi connectivity index (χ0n) is 14.3. The first-order chi connectivity index (χ1) is 12.5. The van der Waals surface area contributed by atoms with Gasteiger partial charge in [0.2, 0.25) is 0 Å². The molecule has 0 amide bonds. The smallest absolute Gasteiger partial charge is 0.341 e. The molecule has 0 radical (unpaired) electrons. The maximum absolute atomic E-state index is 13.3. The molecule has 2 aromatic carbocycles. The van der Waals surface area contributed by atoms with Gasteiger partial charge in [0.25, 0.3) is 0 Å². The molecule has 0 aromatic heterocycles. The molecule has 1 aliphatic rings. The van der Waals surface area contributed by atoms with Gasteiger partial charge in [-0.3, -0.25) is 4.90 Å². The van der Waals surface area contributed by atoms with Crippen LogP contribution < -0.4 is 4.74 Å². The van der Waals surface area contributed by atoms with Crippen molar-refractivity contribution in [2.45, 2.75) is 19.4 Å². The van der Waals surface area contributed by atoms with Crippen LogP contribution in [0.3, 0.4) is 0 Å². The van der Waals surface area contributed by atoms with E-state index in [1.807, 2.05) is 18.2 Å². The van der Waals surface area contributed by atoms with Crippen LogP contribution in [0.2, 0.25) is 0 Å². The van der Waals surface area contributed by atoms with Crippen molar-refractivity contribution < 1.29 is 23.4 Å². The van der Waals surface area contributed by atoms with E-state index >= 15 is 0 Å². The Labute approximate surface area is 151 Å². The predicted molar refractivity (Wildman–Crippen MR) is 93.0 cm³/mol. The summed E-state index contributed by atoms with van der Waals surface area (Å²) >= 11 is 0. The fraction of sp³-hybridized carbons (Fsp3) is 0.350. The SMILES string of the molecule is O=C(O)COc1ccccc1CN1CCC(Cc2cc(F)cc(F)c2)C1. The molecule has 0 aliphatic carbocycles. The van der Waals surface area contributed by atoms with E-state index in [4.69, 9.17) is 9.84 Å². The molecule has 138 valence electrons. The Bertz CT molecular complexity index is 761. The molecule has 0 spiro atoms. The van der Waals surface area contributed by atoms with Crippen LogP contribution in [0.4, 0.5) is 8.78 Å². The minimum absolute atomic E-state index is 0.336. The zero-order chi connectivity index (χ0) is 18.5. The Kier molecular flexibility index (Phi) is 5.83. The largest absolute Gasteiger partial charge is 0.482 e. The van der Waals surface area contributed by atoms with E-state index in [1.54, 1.807) is 6.07 Å². The molecule has 1 atom stereocenters. The van der Waals surface area contributed by atoms with Crippen molar-refractivity contribution in [2.75, 3.05) is 19.7 Å². The second kappa shape index (κ2) is 8.27. The fourth-order valence-corrected chi connectivity index (χ4v) is 3.44. The summed E-state index contributed by atoms with van der Waals surface area (Å²) in [5, 5.41) is 8.78. The number of benzene rings is 2. The summed E-state index contributed by atoms with van der Waals surface area (Å²) in [5.74, 6) is -1.18. The summed E-state index contributed by atoms with van der Waals surface area (Å²) < 4.78 is 32.0. The average Bonchev–Trinajstić information content (AvgIpc) is 3.00. The van der Waals surface area contributed by atoms with Crippen molar-refractivity contribution >= 4 is 5.97 Å². The first-order valence-corrected chi connectivity index (χ1v) is 8.59. The molecule has 26 heavy (non-hydrogen) atoms. The van der Waals surface area contributed by atoms with Crippen LogP contribution >= 0.6 is 0 Å². The zero-order valence-corrected chi connectivity index (χ0v) is 14.3. The van der Waals surface area contributed by atoms with Crippen molar-refractivity contribution in [2.24, 2.45) is 5.92 Å². The molecular formula is C20H21F2NO3. The lowest BCUT2D eigenvalue weighted by Crippen LogP contribution is -2.21. The number of carboxylic acid groups (broad SMARTS) is 1. The lowest BCUT2D eigenvalue weighted by molar-refractivity contribution is -0.139. The maximum Gasteiger partial charge on any atom is 0.341 e. The summed E-state index contributed by atoms with van der Waals surface area (Å²) in [6.45, 7) is 2.00. The van der Waals surface area contributed by atoms with Crippen LogP contribution in [-0.4, -0.2) is 35.7 Å². The van der Waals surface area contributed by atoms with Gasteiger partial charge in [0.15, 0.2) is 6.61 Å². The van der Waals surface area contributed by atoms with Gasteiger partial charge in [-0.15, -0.1) is 0 Å². The van der Waals surface area contributed by atoms with Crippen LogP contribution in [0.5, 0.6) is 5.75 Å². The minimum atomic E-state index is -1.01. The second-order valence-corrected chi connectivity index (χ2v) is 6.66. The van der Waals surface area contributed by atoms with Gasteiger partial charge < -0.3 is 9.84 Å². The Morgan fingerprint density at radius 1 is 1.19 bits per heavy atom. The van der Waals surface area contributed by atoms with E-state index in [2.05, 4.69) is 4.90 Å². The van der Waals surface area contributed by atoms with Gasteiger partial charge in [-0.05, 0) is 49.1 Å². The van der Waals surface area contributed by atoms with Gasteiger partial charge in [-0.1, -0.05) is 18.2 Å². The first-order valence-electron chi connectivity index (χ1n) is 8.59. The number of nitrogens with zero attached hydrogens (tertiary/aromatic N) is 1. The van der Waals surface area contributed by atoms with E-state index < -0.39 is 17.6 Å². The summed E-state index contributed by atoms with van der Waals surface area (Å²) in [7, 11) is 0. The van der Waals surface area contributed by atoms with E-state index in [1.165, 1.54) is 12.1 Å². The summed E-state index contributed by atoms with van der Waals surface area (Å²) in [6.07, 6.45) is 1.60. The number of hydrogen-bond donors (Lipinski definition) is 1. The maximum atomic E-state index is 13.3. The molecule has 0 saturated carbocycles. The normalized spacial score (nSPS) is 17.4. The van der Waals surface area contributed by atoms with Crippen LogP contribution in [0.25, 0.3) is 0 Å². The Hall–Kier alpha value is -2.47. The molecular weight excluding hydrogens is 340 g/mol. The summed E-state index contributed by atoms with van der Waals surface area (Å²) in [4.78, 5) is 13.0. The Morgan fingerprint density at radius 3 is 2.65 bits per heavy atom. The topological polar surface area (TPSA) is 49.8 Å². The van der Waals surface area contributed by atoms with E-state index in [9.17, 15) is 13.6 Å². The molecule has 1 fully saturated rings. The lowest BCUT2D eigenvalue weighted by Gasteiger charge is -2.18. The third-order valence-electron chi connectivity index (χ3n) is 4.53. The average molecular weight is 361 g/mol. The van der Waals surface area contributed by atoms with Crippen LogP contribution in [0.15, 0.2) is 42.5 Å². The molecule has 1 N–H and O–H groups in total. The van der Waals surface area contributed by atoms with Gasteiger partial charge in [0.1, 0.15) is 17.4 Å². The molecule has 1 saturated heterocycles. The number of hydrogen-bond acceptors (Lipinski definition) is 3. The highest BCUT2D eigenvalue weighted by atomic mass is 19.1. The van der Waals surface area contributed by atoms with Gasteiger partial charge in [-0.2, -0.15) is 0 Å². The number of rotatable bonds is 7. The molecule has 4 nitrogen and oxygen atoms in total. The van der Waals surface area contributed by atoms with Gasteiger partial charge in [0, 0.05) is 24.7 Å². The summed E-state index contributed by atoms with van der Waals surface area (Å²) in [6, 6.07) is 11.1. The van der Waals surface area contributed by atoms with Gasteiger partial charge in [0.05, 0.1) is 0 Å². The highest BCUT2D eigenvalue weighted by Gasteiger charge is 2.24. The monoisotopic (exact) mass is 361 g/mol. The van der Waals surface area contributed by atoms with E-state index in [0.29, 0.717) is 30.2 Å². The number of carbonyl (C=O) groups is 1. The van der Waals surface area contributed by atoms with Crippen molar-refractivity contribution in [1.29, 1.82) is 0 Å². The molecule has 3 rings (SSSR count). The fourth-order valence-electron chi connectivity index (χ4n) is 3.44. The third-order valence-corrected chi connectivity index (χ3v) is 4.53. The van der Waals surface area contributed by atoms with Gasteiger partial charge in [-0.25, -0.2) is 13.6 Å². The molecule has 1 unspecified atom stereocenters. The first kappa shape index (κ1) is 18.3. The number of carboxylic acids is 1. The van der Waals surface area contributed by atoms with Crippen LogP contribution in [0.1, 0.15) is 17.5 Å². The minimum Gasteiger partial charge on any atom is -0.482 e. The number of halogens is 2. The predicted octanol–water partition coefficient (Wildman–Crippen LogP) is 3.49. The number of aliphatic carboxylic acids is 1. The quantitative estimate of drug-likeness (QED) is 0.820. The third kappa shape index (κ3) is 5.02. The van der Waals surface area contributed by atoms with Gasteiger partial charge >= 0.3 is 5.97 Å². The highest BCUT2D eigenvalue weighted by Crippen LogP contribution is 2.26. The van der Waals surface area contributed by atoms with Crippen molar-refractivity contribution in [3.8, 4) is 5.75 Å². The second-order valence-electron chi connectivity index (χ2n) is 6.66. The number of ether oxygens (including phenoxy) is 1. The Balaban J connectivity index is 1.58. The van der Waals surface area contributed by atoms with Crippen molar-refractivity contribution in [3.05, 3.63) is 65.2 Å². The van der Waals surface area contributed by atoms with Crippen LogP contribution in [0, 0.1) is 17.6 Å². The van der Waals surface area contributed by atoms with Crippen molar-refractivity contribution in [1.82, 2.24) is 4.90 Å².